The lowest BCUT2D eigenvalue weighted by Gasteiger charge is -2.28. The summed E-state index contributed by atoms with van der Waals surface area (Å²) in [6.07, 6.45) is 1.00. The second-order valence-corrected chi connectivity index (χ2v) is 5.19. The average Bonchev–Trinajstić information content (AvgIpc) is 2.43. The summed E-state index contributed by atoms with van der Waals surface area (Å²) in [6.45, 7) is 5.05. The van der Waals surface area contributed by atoms with E-state index in [9.17, 15) is 0 Å². The zero-order chi connectivity index (χ0) is 13.2. The van der Waals surface area contributed by atoms with E-state index < -0.39 is 0 Å². The molecule has 1 aliphatic rings. The summed E-state index contributed by atoms with van der Waals surface area (Å²) < 4.78 is 5.71. The van der Waals surface area contributed by atoms with Crippen LogP contribution in [0.15, 0.2) is 42.5 Å². The van der Waals surface area contributed by atoms with Crippen molar-refractivity contribution in [2.75, 3.05) is 11.9 Å². The standard InChI is InChI=1S/C17H19NO/c1-12-7-8-13(2)16(11-12)18-15-9-10-19-17-6-4-3-5-14(15)17/h3-8,11,15,18H,9-10H2,1-2H3. The van der Waals surface area contributed by atoms with Gasteiger partial charge in [0.1, 0.15) is 5.75 Å². The molecule has 0 aromatic heterocycles. The minimum Gasteiger partial charge on any atom is -0.493 e. The van der Waals surface area contributed by atoms with Crippen LogP contribution in [0, 0.1) is 13.8 Å². The molecule has 1 atom stereocenters. The number of benzene rings is 2. The van der Waals surface area contributed by atoms with E-state index in [1.165, 1.54) is 22.4 Å². The van der Waals surface area contributed by atoms with Gasteiger partial charge in [-0.05, 0) is 37.1 Å². The van der Waals surface area contributed by atoms with Gasteiger partial charge in [0.25, 0.3) is 0 Å². The van der Waals surface area contributed by atoms with Crippen LogP contribution in [0.3, 0.4) is 0 Å². The summed E-state index contributed by atoms with van der Waals surface area (Å²) in [5.41, 5.74) is 5.05. The molecule has 1 heterocycles. The summed E-state index contributed by atoms with van der Waals surface area (Å²) in [6, 6.07) is 15.2. The van der Waals surface area contributed by atoms with Crippen LogP contribution in [0.2, 0.25) is 0 Å². The van der Waals surface area contributed by atoms with Gasteiger partial charge in [0.05, 0.1) is 12.6 Å². The lowest BCUT2D eigenvalue weighted by Crippen LogP contribution is -2.20. The highest BCUT2D eigenvalue weighted by Crippen LogP contribution is 2.34. The lowest BCUT2D eigenvalue weighted by molar-refractivity contribution is 0.274. The fourth-order valence-electron chi connectivity index (χ4n) is 2.57. The molecule has 19 heavy (non-hydrogen) atoms. The van der Waals surface area contributed by atoms with Crippen molar-refractivity contribution in [3.8, 4) is 5.75 Å². The zero-order valence-corrected chi connectivity index (χ0v) is 11.4. The van der Waals surface area contributed by atoms with Gasteiger partial charge in [0, 0.05) is 17.7 Å². The number of nitrogens with one attached hydrogen (secondary N) is 1. The van der Waals surface area contributed by atoms with E-state index in [2.05, 4.69) is 49.5 Å². The fraction of sp³-hybridized carbons (Fsp3) is 0.294. The van der Waals surface area contributed by atoms with Gasteiger partial charge < -0.3 is 10.1 Å². The van der Waals surface area contributed by atoms with Crippen LogP contribution < -0.4 is 10.1 Å². The van der Waals surface area contributed by atoms with Gasteiger partial charge in [0.15, 0.2) is 0 Å². The third-order valence-corrected chi connectivity index (χ3v) is 3.68. The van der Waals surface area contributed by atoms with Crippen LogP contribution in [0.4, 0.5) is 5.69 Å². The van der Waals surface area contributed by atoms with Crippen molar-refractivity contribution in [2.24, 2.45) is 0 Å². The molecule has 0 radical (unpaired) electrons. The third kappa shape index (κ3) is 2.43. The normalized spacial score (nSPS) is 17.5. The SMILES string of the molecule is Cc1ccc(C)c(NC2CCOc3ccccc32)c1. The first-order chi connectivity index (χ1) is 9.24. The van der Waals surface area contributed by atoms with Crippen molar-refractivity contribution in [3.63, 3.8) is 0 Å². The Balaban J connectivity index is 1.90. The van der Waals surface area contributed by atoms with E-state index >= 15 is 0 Å². The molecule has 1 N–H and O–H groups in total. The Morgan fingerprint density at radius 3 is 2.84 bits per heavy atom. The minimum atomic E-state index is 0.338. The number of para-hydroxylation sites is 1. The summed E-state index contributed by atoms with van der Waals surface area (Å²) >= 11 is 0. The summed E-state index contributed by atoms with van der Waals surface area (Å²) in [5.74, 6) is 1.01. The topological polar surface area (TPSA) is 21.3 Å². The maximum absolute atomic E-state index is 5.71. The van der Waals surface area contributed by atoms with Crippen molar-refractivity contribution >= 4 is 5.69 Å². The first-order valence-electron chi connectivity index (χ1n) is 6.79. The fourth-order valence-corrected chi connectivity index (χ4v) is 2.57. The van der Waals surface area contributed by atoms with E-state index in [1.54, 1.807) is 0 Å². The van der Waals surface area contributed by atoms with E-state index in [1.807, 2.05) is 12.1 Å². The molecule has 2 nitrogen and oxygen atoms in total. The first kappa shape index (κ1) is 12.1. The molecule has 1 aliphatic heterocycles. The van der Waals surface area contributed by atoms with Crippen molar-refractivity contribution in [1.82, 2.24) is 0 Å². The number of ether oxygens (including phenoxy) is 1. The summed E-state index contributed by atoms with van der Waals surface area (Å²) in [7, 11) is 0. The molecule has 0 amide bonds. The number of fused-ring (bicyclic) bond motifs is 1. The average molecular weight is 253 g/mol. The van der Waals surface area contributed by atoms with Crippen molar-refractivity contribution < 1.29 is 4.74 Å². The molecular weight excluding hydrogens is 234 g/mol. The monoisotopic (exact) mass is 253 g/mol. The van der Waals surface area contributed by atoms with Crippen LogP contribution in [0.5, 0.6) is 5.75 Å². The van der Waals surface area contributed by atoms with Gasteiger partial charge >= 0.3 is 0 Å². The Kier molecular flexibility index (Phi) is 3.16. The summed E-state index contributed by atoms with van der Waals surface area (Å²) in [5, 5.41) is 3.67. The maximum Gasteiger partial charge on any atom is 0.124 e. The van der Waals surface area contributed by atoms with Gasteiger partial charge in [-0.15, -0.1) is 0 Å². The molecule has 0 saturated heterocycles. The van der Waals surface area contributed by atoms with Crippen LogP contribution in [0.25, 0.3) is 0 Å². The number of hydrogen-bond donors (Lipinski definition) is 1. The Labute approximate surface area is 114 Å². The third-order valence-electron chi connectivity index (χ3n) is 3.68. The number of hydrogen-bond acceptors (Lipinski definition) is 2. The van der Waals surface area contributed by atoms with Crippen LogP contribution in [-0.4, -0.2) is 6.61 Å². The smallest absolute Gasteiger partial charge is 0.124 e. The highest BCUT2D eigenvalue weighted by Gasteiger charge is 2.21. The highest BCUT2D eigenvalue weighted by atomic mass is 16.5. The molecule has 0 fully saturated rings. The highest BCUT2D eigenvalue weighted by molar-refractivity contribution is 5.55. The quantitative estimate of drug-likeness (QED) is 0.864. The van der Waals surface area contributed by atoms with E-state index in [0.29, 0.717) is 6.04 Å². The van der Waals surface area contributed by atoms with E-state index in [4.69, 9.17) is 4.74 Å². The lowest BCUT2D eigenvalue weighted by atomic mass is 9.99. The molecule has 2 heteroatoms. The molecule has 2 aromatic carbocycles. The number of aryl methyl sites for hydroxylation is 2. The summed E-state index contributed by atoms with van der Waals surface area (Å²) in [4.78, 5) is 0. The maximum atomic E-state index is 5.71. The van der Waals surface area contributed by atoms with Crippen LogP contribution in [-0.2, 0) is 0 Å². The van der Waals surface area contributed by atoms with Crippen molar-refractivity contribution in [2.45, 2.75) is 26.3 Å². The van der Waals surface area contributed by atoms with Gasteiger partial charge in [-0.2, -0.15) is 0 Å². The Morgan fingerprint density at radius 2 is 1.95 bits per heavy atom. The molecule has 1 unspecified atom stereocenters. The van der Waals surface area contributed by atoms with Crippen LogP contribution >= 0.6 is 0 Å². The number of rotatable bonds is 2. The second kappa shape index (κ2) is 4.96. The van der Waals surface area contributed by atoms with Gasteiger partial charge in [0.2, 0.25) is 0 Å². The molecule has 2 aromatic rings. The second-order valence-electron chi connectivity index (χ2n) is 5.19. The predicted octanol–water partition coefficient (Wildman–Crippen LogP) is 4.24. The molecule has 0 spiro atoms. The largest absolute Gasteiger partial charge is 0.493 e. The molecule has 0 aliphatic carbocycles. The molecule has 0 bridgehead atoms. The van der Waals surface area contributed by atoms with E-state index in [-0.39, 0.29) is 0 Å². The van der Waals surface area contributed by atoms with Gasteiger partial charge in [-0.3, -0.25) is 0 Å². The zero-order valence-electron chi connectivity index (χ0n) is 11.4. The number of anilines is 1. The van der Waals surface area contributed by atoms with Gasteiger partial charge in [-0.1, -0.05) is 30.3 Å². The first-order valence-corrected chi connectivity index (χ1v) is 6.79. The van der Waals surface area contributed by atoms with Crippen molar-refractivity contribution in [1.29, 1.82) is 0 Å². The predicted molar refractivity (Wildman–Crippen MR) is 78.8 cm³/mol. The van der Waals surface area contributed by atoms with Crippen LogP contribution in [0.1, 0.15) is 29.2 Å². The van der Waals surface area contributed by atoms with Crippen molar-refractivity contribution in [3.05, 3.63) is 59.2 Å². The minimum absolute atomic E-state index is 0.338. The Morgan fingerprint density at radius 1 is 1.11 bits per heavy atom. The Bertz CT molecular complexity index is 592. The molecule has 98 valence electrons. The molecular formula is C17H19NO. The molecule has 3 rings (SSSR count). The van der Waals surface area contributed by atoms with Gasteiger partial charge in [-0.25, -0.2) is 0 Å². The Hall–Kier alpha value is -1.96. The van der Waals surface area contributed by atoms with E-state index in [0.717, 1.165) is 18.8 Å². The molecule has 0 saturated carbocycles.